The minimum atomic E-state index is -0.494. The Bertz CT molecular complexity index is 1130. The van der Waals surface area contributed by atoms with Crippen molar-refractivity contribution in [1.82, 2.24) is 9.78 Å². The monoisotopic (exact) mass is 448 g/mol. The number of ether oxygens (including phenoxy) is 3. The molecule has 3 rings (SSSR count). The van der Waals surface area contributed by atoms with Crippen molar-refractivity contribution in [1.29, 1.82) is 0 Å². The SMILES string of the molecule is COc1ccc(-n2ncc(N/N=C\c3ccc(OC)c(OC)c3Cl)c(Cl)c2=O)cc1. The lowest BCUT2D eigenvalue weighted by molar-refractivity contribution is 0.355. The van der Waals surface area contributed by atoms with Crippen molar-refractivity contribution >= 4 is 35.1 Å². The molecular weight excluding hydrogens is 431 g/mol. The molecule has 10 heteroatoms. The number of methoxy groups -OCH3 is 3. The molecule has 0 radical (unpaired) electrons. The summed E-state index contributed by atoms with van der Waals surface area (Å²) in [5.74, 6) is 1.56. The van der Waals surface area contributed by atoms with Gasteiger partial charge in [0.05, 0.1) is 44.5 Å². The Balaban J connectivity index is 1.83. The molecule has 30 heavy (non-hydrogen) atoms. The molecule has 0 unspecified atom stereocenters. The van der Waals surface area contributed by atoms with Gasteiger partial charge in [-0.2, -0.15) is 14.9 Å². The van der Waals surface area contributed by atoms with Crippen LogP contribution in [0.1, 0.15) is 5.56 Å². The molecular formula is C20H18Cl2N4O4. The highest BCUT2D eigenvalue weighted by Gasteiger charge is 2.13. The maximum Gasteiger partial charge on any atom is 0.292 e. The highest BCUT2D eigenvalue weighted by molar-refractivity contribution is 6.35. The molecule has 1 heterocycles. The molecule has 0 aliphatic carbocycles. The number of rotatable bonds is 7. The molecule has 2 aromatic carbocycles. The molecule has 8 nitrogen and oxygen atoms in total. The Kier molecular flexibility index (Phi) is 6.81. The summed E-state index contributed by atoms with van der Waals surface area (Å²) in [6.45, 7) is 0. The topological polar surface area (TPSA) is 87.0 Å². The van der Waals surface area contributed by atoms with E-state index in [0.29, 0.717) is 33.5 Å². The summed E-state index contributed by atoms with van der Waals surface area (Å²) in [6.07, 6.45) is 2.87. The number of aromatic nitrogens is 2. The summed E-state index contributed by atoms with van der Waals surface area (Å²) in [5.41, 5.74) is 3.59. The Morgan fingerprint density at radius 1 is 1.00 bits per heavy atom. The molecule has 0 fully saturated rings. The molecule has 1 N–H and O–H groups in total. The van der Waals surface area contributed by atoms with Crippen LogP contribution in [0.25, 0.3) is 5.69 Å². The summed E-state index contributed by atoms with van der Waals surface area (Å²) < 4.78 is 16.7. The van der Waals surface area contributed by atoms with Crippen molar-refractivity contribution in [3.05, 3.63) is 68.6 Å². The van der Waals surface area contributed by atoms with E-state index in [4.69, 9.17) is 37.4 Å². The lowest BCUT2D eigenvalue weighted by Crippen LogP contribution is -2.22. The summed E-state index contributed by atoms with van der Waals surface area (Å²) in [4.78, 5) is 12.6. The van der Waals surface area contributed by atoms with Gasteiger partial charge >= 0.3 is 0 Å². The quantitative estimate of drug-likeness (QED) is 0.433. The Labute approximate surface area is 182 Å². The first kappa shape index (κ1) is 21.5. The van der Waals surface area contributed by atoms with E-state index in [1.54, 1.807) is 43.5 Å². The van der Waals surface area contributed by atoms with E-state index in [1.807, 2.05) is 0 Å². The second kappa shape index (κ2) is 9.51. The third-order valence-corrected chi connectivity index (χ3v) is 4.89. The number of halogens is 2. The summed E-state index contributed by atoms with van der Waals surface area (Å²) in [7, 11) is 4.57. The van der Waals surface area contributed by atoms with Crippen LogP contribution in [0.5, 0.6) is 17.2 Å². The fourth-order valence-electron chi connectivity index (χ4n) is 2.59. The van der Waals surface area contributed by atoms with Crippen molar-refractivity contribution in [2.75, 3.05) is 26.8 Å². The van der Waals surface area contributed by atoms with Gasteiger partial charge < -0.3 is 14.2 Å². The number of anilines is 1. The van der Waals surface area contributed by atoms with Crippen LogP contribution in [0, 0.1) is 0 Å². The Hall–Kier alpha value is -3.23. The molecule has 0 saturated heterocycles. The van der Waals surface area contributed by atoms with Crippen molar-refractivity contribution in [3.63, 3.8) is 0 Å². The molecule has 0 spiro atoms. The second-order valence-corrected chi connectivity index (χ2v) is 6.62. The van der Waals surface area contributed by atoms with Gasteiger partial charge in [0.15, 0.2) is 11.5 Å². The smallest absolute Gasteiger partial charge is 0.292 e. The van der Waals surface area contributed by atoms with Gasteiger partial charge in [-0.1, -0.05) is 23.2 Å². The third kappa shape index (κ3) is 4.34. The van der Waals surface area contributed by atoms with Crippen LogP contribution in [0.15, 0.2) is 52.5 Å². The lowest BCUT2D eigenvalue weighted by atomic mass is 10.2. The average molecular weight is 449 g/mol. The third-order valence-electron chi connectivity index (χ3n) is 4.14. The number of hydrazone groups is 1. The van der Waals surface area contributed by atoms with Gasteiger partial charge in [-0.05, 0) is 36.4 Å². The van der Waals surface area contributed by atoms with Crippen LogP contribution in [0.2, 0.25) is 10.0 Å². The number of nitrogens with zero attached hydrogens (tertiary/aromatic N) is 3. The molecule has 3 aromatic rings. The predicted octanol–water partition coefficient (Wildman–Crippen LogP) is 4.01. The molecule has 156 valence electrons. The standard InChI is InChI=1S/C20H18Cl2N4O4/c1-28-14-7-5-13(6-8-14)26-20(27)18(22)15(11-24-26)25-23-10-12-4-9-16(29-2)19(30-3)17(12)21/h4-11,25H,1-3H3/b23-10-. The number of nitrogens with one attached hydrogen (secondary N) is 1. The maximum atomic E-state index is 12.6. The molecule has 0 atom stereocenters. The van der Waals surface area contributed by atoms with Crippen LogP contribution in [0.4, 0.5) is 5.69 Å². The van der Waals surface area contributed by atoms with Crippen molar-refractivity contribution in [2.45, 2.75) is 0 Å². The summed E-state index contributed by atoms with van der Waals surface area (Å²) in [6, 6.07) is 10.3. The van der Waals surface area contributed by atoms with E-state index in [-0.39, 0.29) is 10.7 Å². The van der Waals surface area contributed by atoms with Gasteiger partial charge in [-0.15, -0.1) is 0 Å². The predicted molar refractivity (Wildman–Crippen MR) is 117 cm³/mol. The van der Waals surface area contributed by atoms with E-state index in [9.17, 15) is 4.79 Å². The van der Waals surface area contributed by atoms with Crippen LogP contribution in [0.3, 0.4) is 0 Å². The second-order valence-electron chi connectivity index (χ2n) is 5.86. The number of benzene rings is 2. The van der Waals surface area contributed by atoms with E-state index in [1.165, 1.54) is 31.3 Å². The molecule has 0 amide bonds. The van der Waals surface area contributed by atoms with Gasteiger partial charge in [-0.25, -0.2) is 0 Å². The van der Waals surface area contributed by atoms with E-state index in [0.717, 1.165) is 0 Å². The highest BCUT2D eigenvalue weighted by Crippen LogP contribution is 2.36. The fraction of sp³-hybridized carbons (Fsp3) is 0.150. The normalized spacial score (nSPS) is 10.8. The highest BCUT2D eigenvalue weighted by atomic mass is 35.5. The van der Waals surface area contributed by atoms with E-state index in [2.05, 4.69) is 15.6 Å². The van der Waals surface area contributed by atoms with Crippen LogP contribution < -0.4 is 25.2 Å². The van der Waals surface area contributed by atoms with Gasteiger partial charge in [0.2, 0.25) is 0 Å². The summed E-state index contributed by atoms with van der Waals surface area (Å²) >= 11 is 12.5. The maximum absolute atomic E-state index is 12.6. The van der Waals surface area contributed by atoms with Crippen LogP contribution in [-0.2, 0) is 0 Å². The van der Waals surface area contributed by atoms with E-state index < -0.39 is 5.56 Å². The van der Waals surface area contributed by atoms with Gasteiger partial charge in [0, 0.05) is 5.56 Å². The molecule has 0 bridgehead atoms. The largest absolute Gasteiger partial charge is 0.497 e. The van der Waals surface area contributed by atoms with Crippen molar-refractivity contribution < 1.29 is 14.2 Å². The first-order chi connectivity index (χ1) is 14.5. The van der Waals surface area contributed by atoms with Crippen LogP contribution in [-0.4, -0.2) is 37.3 Å². The minimum Gasteiger partial charge on any atom is -0.497 e. The summed E-state index contributed by atoms with van der Waals surface area (Å²) in [5, 5.41) is 8.50. The average Bonchev–Trinajstić information content (AvgIpc) is 2.77. The Morgan fingerprint density at radius 2 is 1.73 bits per heavy atom. The molecule has 1 aromatic heterocycles. The molecule has 0 aliphatic rings. The van der Waals surface area contributed by atoms with Gasteiger partial charge in [-0.3, -0.25) is 10.2 Å². The zero-order valence-corrected chi connectivity index (χ0v) is 17.9. The molecule has 0 saturated carbocycles. The van der Waals surface area contributed by atoms with Crippen LogP contribution >= 0.6 is 23.2 Å². The van der Waals surface area contributed by atoms with Gasteiger partial charge in [0.1, 0.15) is 16.5 Å². The van der Waals surface area contributed by atoms with Crippen molar-refractivity contribution in [2.24, 2.45) is 5.10 Å². The number of hydrogen-bond donors (Lipinski definition) is 1. The van der Waals surface area contributed by atoms with E-state index >= 15 is 0 Å². The zero-order valence-electron chi connectivity index (χ0n) is 16.3. The lowest BCUT2D eigenvalue weighted by Gasteiger charge is -2.11. The Morgan fingerprint density at radius 3 is 2.37 bits per heavy atom. The zero-order chi connectivity index (χ0) is 21.7. The molecule has 0 aliphatic heterocycles. The van der Waals surface area contributed by atoms with Gasteiger partial charge in [0.25, 0.3) is 5.56 Å². The van der Waals surface area contributed by atoms with Crippen molar-refractivity contribution in [3.8, 4) is 22.9 Å². The minimum absolute atomic E-state index is 0.0589. The first-order valence-electron chi connectivity index (χ1n) is 8.62. The fourth-order valence-corrected chi connectivity index (χ4v) is 3.05. The first-order valence-corrected chi connectivity index (χ1v) is 9.37. The number of hydrogen-bond acceptors (Lipinski definition) is 7.